The topological polar surface area (TPSA) is 37.8 Å². The first-order valence-electron chi connectivity index (χ1n) is 5.83. The molecule has 0 radical (unpaired) electrons. The van der Waals surface area contributed by atoms with Crippen LogP contribution in [0.4, 0.5) is 0 Å². The zero-order chi connectivity index (χ0) is 10.9. The molecule has 0 fully saturated rings. The van der Waals surface area contributed by atoms with Gasteiger partial charge in [0.25, 0.3) is 0 Å². The van der Waals surface area contributed by atoms with E-state index in [0.29, 0.717) is 0 Å². The smallest absolute Gasteiger partial charge is 0.0893 e. The highest BCUT2D eigenvalue weighted by Gasteiger charge is 2.05. The molecule has 1 aromatic heterocycles. The van der Waals surface area contributed by atoms with E-state index in [1.54, 1.807) is 0 Å². The predicted molar refractivity (Wildman–Crippen MR) is 64.9 cm³/mol. The molecule has 0 aliphatic heterocycles. The van der Waals surface area contributed by atoms with Crippen molar-refractivity contribution in [3.63, 3.8) is 0 Å². The Bertz CT molecular complexity index is 236. The number of nitrogens with zero attached hydrogens (tertiary/aromatic N) is 2. The zero-order valence-corrected chi connectivity index (χ0v) is 10.5. The second-order valence-corrected chi connectivity index (χ2v) is 4.55. The molecule has 1 aromatic rings. The third kappa shape index (κ3) is 5.23. The van der Waals surface area contributed by atoms with Crippen LogP contribution in [0.1, 0.15) is 45.2 Å². The predicted octanol–water partition coefficient (Wildman–Crippen LogP) is 2.84. The van der Waals surface area contributed by atoms with Gasteiger partial charge in [-0.1, -0.05) is 37.6 Å². The Morgan fingerprint density at radius 3 is 2.93 bits per heavy atom. The van der Waals surface area contributed by atoms with Gasteiger partial charge in [-0.15, -0.1) is 5.10 Å². The summed E-state index contributed by atoms with van der Waals surface area (Å²) in [6.07, 6.45) is 5.25. The van der Waals surface area contributed by atoms with Gasteiger partial charge in [0.1, 0.15) is 0 Å². The molecule has 1 heterocycles. The summed E-state index contributed by atoms with van der Waals surface area (Å²) in [4.78, 5) is 0. The summed E-state index contributed by atoms with van der Waals surface area (Å²) in [7, 11) is 0. The van der Waals surface area contributed by atoms with Crippen molar-refractivity contribution in [2.45, 2.75) is 46.1 Å². The number of rotatable bonds is 8. The van der Waals surface area contributed by atoms with Crippen LogP contribution in [-0.2, 0) is 6.54 Å². The lowest BCUT2D eigenvalue weighted by atomic mass is 9.99. The Kier molecular flexibility index (Phi) is 6.52. The van der Waals surface area contributed by atoms with Gasteiger partial charge in [-0.05, 0) is 30.4 Å². The van der Waals surface area contributed by atoms with Crippen LogP contribution in [0.3, 0.4) is 0 Å². The molecule has 0 aromatic carbocycles. The van der Waals surface area contributed by atoms with Crippen molar-refractivity contribution in [1.29, 1.82) is 0 Å². The quantitative estimate of drug-likeness (QED) is 0.742. The number of nitrogens with one attached hydrogen (secondary N) is 1. The maximum absolute atomic E-state index is 4.01. The minimum absolute atomic E-state index is 0.816. The second-order valence-electron chi connectivity index (χ2n) is 3.94. The lowest BCUT2D eigenvalue weighted by Crippen LogP contribution is -2.22. The summed E-state index contributed by atoms with van der Waals surface area (Å²) >= 11 is 1.42. The molecule has 3 nitrogen and oxygen atoms in total. The Balaban J connectivity index is 2.11. The lowest BCUT2D eigenvalue weighted by Gasteiger charge is -2.14. The van der Waals surface area contributed by atoms with Crippen molar-refractivity contribution >= 4 is 11.5 Å². The molecule has 1 N–H and O–H groups in total. The van der Waals surface area contributed by atoms with Crippen LogP contribution < -0.4 is 5.32 Å². The Morgan fingerprint density at radius 2 is 2.33 bits per heavy atom. The van der Waals surface area contributed by atoms with E-state index in [4.69, 9.17) is 0 Å². The molecule has 0 aliphatic carbocycles. The van der Waals surface area contributed by atoms with Crippen molar-refractivity contribution < 1.29 is 0 Å². The lowest BCUT2D eigenvalue weighted by molar-refractivity contribution is 0.418. The summed E-state index contributed by atoms with van der Waals surface area (Å²) in [5, 5.41) is 9.46. The average molecular weight is 227 g/mol. The summed E-state index contributed by atoms with van der Waals surface area (Å²) in [6, 6.07) is 0. The number of unbranched alkanes of at least 4 members (excludes halogenated alkanes) is 1. The molecule has 0 bridgehead atoms. The molecule has 0 amide bonds. The van der Waals surface area contributed by atoms with Gasteiger partial charge in [-0.3, -0.25) is 0 Å². The van der Waals surface area contributed by atoms with E-state index in [-0.39, 0.29) is 0 Å². The molecular weight excluding hydrogens is 206 g/mol. The van der Waals surface area contributed by atoms with Gasteiger partial charge in [0.2, 0.25) is 0 Å². The minimum Gasteiger partial charge on any atom is -0.311 e. The fraction of sp³-hybridized carbons (Fsp3) is 0.818. The van der Waals surface area contributed by atoms with E-state index in [1.807, 2.05) is 5.38 Å². The normalized spacial score (nSPS) is 12.9. The number of hydrogen-bond donors (Lipinski definition) is 1. The first-order valence-corrected chi connectivity index (χ1v) is 6.67. The van der Waals surface area contributed by atoms with E-state index in [1.165, 1.54) is 37.2 Å². The third-order valence-electron chi connectivity index (χ3n) is 2.69. The van der Waals surface area contributed by atoms with Gasteiger partial charge >= 0.3 is 0 Å². The Hall–Kier alpha value is -0.480. The highest BCUT2D eigenvalue weighted by molar-refractivity contribution is 7.03. The first-order chi connectivity index (χ1) is 7.36. The van der Waals surface area contributed by atoms with Crippen LogP contribution >= 0.6 is 11.5 Å². The molecule has 1 unspecified atom stereocenters. The molecule has 0 spiro atoms. The number of aromatic nitrogens is 2. The van der Waals surface area contributed by atoms with Gasteiger partial charge in [-0.2, -0.15) is 0 Å². The van der Waals surface area contributed by atoms with Crippen LogP contribution in [0.5, 0.6) is 0 Å². The monoisotopic (exact) mass is 227 g/mol. The molecule has 1 rings (SSSR count). The summed E-state index contributed by atoms with van der Waals surface area (Å²) in [5.41, 5.74) is 1.06. The van der Waals surface area contributed by atoms with Gasteiger partial charge in [-0.25, -0.2) is 0 Å². The van der Waals surface area contributed by atoms with E-state index < -0.39 is 0 Å². The highest BCUT2D eigenvalue weighted by atomic mass is 32.1. The van der Waals surface area contributed by atoms with E-state index in [0.717, 1.165) is 24.7 Å². The van der Waals surface area contributed by atoms with Crippen LogP contribution in [-0.4, -0.2) is 16.1 Å². The average Bonchev–Trinajstić information content (AvgIpc) is 2.76. The standard InChI is InChI=1S/C11H21N3S/c1-3-5-6-10(4-2)7-12-8-11-9-15-14-13-11/h9-10,12H,3-8H2,1-2H3. The molecule has 0 saturated heterocycles. The summed E-state index contributed by atoms with van der Waals surface area (Å²) in [6.45, 7) is 6.49. The molecule has 0 saturated carbocycles. The SMILES string of the molecule is CCCCC(CC)CNCc1csnn1. The van der Waals surface area contributed by atoms with Crippen molar-refractivity contribution in [3.05, 3.63) is 11.1 Å². The Labute approximate surface area is 96.5 Å². The van der Waals surface area contributed by atoms with Crippen molar-refractivity contribution in [2.24, 2.45) is 5.92 Å². The first kappa shape index (κ1) is 12.6. The Morgan fingerprint density at radius 1 is 1.47 bits per heavy atom. The van der Waals surface area contributed by atoms with Crippen LogP contribution in [0.25, 0.3) is 0 Å². The second kappa shape index (κ2) is 7.77. The zero-order valence-electron chi connectivity index (χ0n) is 9.70. The molecule has 4 heteroatoms. The van der Waals surface area contributed by atoms with E-state index in [2.05, 4.69) is 28.8 Å². The molecule has 1 atom stereocenters. The van der Waals surface area contributed by atoms with E-state index in [9.17, 15) is 0 Å². The minimum atomic E-state index is 0.816. The van der Waals surface area contributed by atoms with Crippen LogP contribution in [0.15, 0.2) is 5.38 Å². The van der Waals surface area contributed by atoms with Gasteiger partial charge in [0.15, 0.2) is 0 Å². The maximum atomic E-state index is 4.01. The van der Waals surface area contributed by atoms with Gasteiger partial charge in [0.05, 0.1) is 5.69 Å². The molecule has 86 valence electrons. The summed E-state index contributed by atoms with van der Waals surface area (Å²) in [5.74, 6) is 0.816. The largest absolute Gasteiger partial charge is 0.311 e. The fourth-order valence-electron chi connectivity index (χ4n) is 1.61. The van der Waals surface area contributed by atoms with Crippen LogP contribution in [0.2, 0.25) is 0 Å². The third-order valence-corrected chi connectivity index (χ3v) is 3.24. The highest BCUT2D eigenvalue weighted by Crippen LogP contribution is 2.11. The number of hydrogen-bond acceptors (Lipinski definition) is 4. The fourth-order valence-corrected chi connectivity index (χ4v) is 2.06. The molecular formula is C11H21N3S. The van der Waals surface area contributed by atoms with Crippen molar-refractivity contribution in [2.75, 3.05) is 6.54 Å². The van der Waals surface area contributed by atoms with Gasteiger partial charge < -0.3 is 5.32 Å². The van der Waals surface area contributed by atoms with Gasteiger partial charge in [0, 0.05) is 11.9 Å². The van der Waals surface area contributed by atoms with E-state index >= 15 is 0 Å². The molecule has 15 heavy (non-hydrogen) atoms. The maximum Gasteiger partial charge on any atom is 0.0893 e. The molecule has 0 aliphatic rings. The van der Waals surface area contributed by atoms with Crippen molar-refractivity contribution in [1.82, 2.24) is 14.9 Å². The van der Waals surface area contributed by atoms with Crippen LogP contribution in [0, 0.1) is 5.92 Å². The summed E-state index contributed by atoms with van der Waals surface area (Å²) < 4.78 is 3.84. The van der Waals surface area contributed by atoms with Crippen molar-refractivity contribution in [3.8, 4) is 0 Å².